The number of rotatable bonds is 9. The molecular weight excluding hydrogens is 463 g/mol. The molecule has 2 unspecified atom stereocenters. The van der Waals surface area contributed by atoms with Gasteiger partial charge in [0.15, 0.2) is 5.67 Å². The third-order valence-electron chi connectivity index (χ3n) is 6.21. The van der Waals surface area contributed by atoms with E-state index in [0.29, 0.717) is 31.4 Å². The van der Waals surface area contributed by atoms with Gasteiger partial charge < -0.3 is 0 Å². The Labute approximate surface area is 197 Å². The normalized spacial score (nSPS) is 21.9. The molecular formula is C24H33FN2O4S2. The molecule has 0 spiro atoms. The van der Waals surface area contributed by atoms with Gasteiger partial charge in [0.25, 0.3) is 0 Å². The minimum Gasteiger partial charge on any atom is -0.237 e. The molecule has 0 aliphatic heterocycles. The van der Waals surface area contributed by atoms with Gasteiger partial charge in [0.05, 0.1) is 17.5 Å². The first-order valence-corrected chi connectivity index (χ1v) is 14.7. The minimum absolute atomic E-state index is 0.269. The molecule has 0 heterocycles. The van der Waals surface area contributed by atoms with E-state index in [4.69, 9.17) is 0 Å². The molecule has 1 fully saturated rings. The van der Waals surface area contributed by atoms with Gasteiger partial charge in [0.1, 0.15) is 0 Å². The molecule has 2 aromatic rings. The predicted octanol–water partition coefficient (Wildman–Crippen LogP) is 3.88. The third-order valence-corrected chi connectivity index (χ3v) is 8.80. The molecule has 182 valence electrons. The van der Waals surface area contributed by atoms with Crippen molar-refractivity contribution >= 4 is 20.0 Å². The van der Waals surface area contributed by atoms with Gasteiger partial charge in [0.2, 0.25) is 20.0 Å². The zero-order valence-corrected chi connectivity index (χ0v) is 21.0. The van der Waals surface area contributed by atoms with Gasteiger partial charge in [-0.2, -0.15) is 0 Å². The van der Waals surface area contributed by atoms with Crippen molar-refractivity contribution in [3.63, 3.8) is 0 Å². The molecule has 2 N–H and O–H groups in total. The highest BCUT2D eigenvalue weighted by molar-refractivity contribution is 7.90. The first kappa shape index (κ1) is 25.8. The summed E-state index contributed by atoms with van der Waals surface area (Å²) in [5.74, 6) is 0. The number of alkyl halides is 1. The van der Waals surface area contributed by atoms with Crippen LogP contribution < -0.4 is 9.44 Å². The SMILES string of the molecule is CC(C)S(=O)(=O)NC1CCCCC1(F)c1ccc(-c2ccccc2CCNS(C)(=O)=O)cc1. The second-order valence-electron chi connectivity index (χ2n) is 9.02. The van der Waals surface area contributed by atoms with Crippen molar-refractivity contribution in [3.8, 4) is 11.1 Å². The fourth-order valence-electron chi connectivity index (χ4n) is 4.28. The number of hydrogen-bond donors (Lipinski definition) is 2. The Balaban J connectivity index is 1.85. The molecule has 0 radical (unpaired) electrons. The van der Waals surface area contributed by atoms with E-state index in [1.165, 1.54) is 0 Å². The van der Waals surface area contributed by atoms with Crippen LogP contribution in [0.2, 0.25) is 0 Å². The lowest BCUT2D eigenvalue weighted by Gasteiger charge is -2.38. The molecule has 1 aliphatic carbocycles. The molecule has 2 aromatic carbocycles. The first-order valence-electron chi connectivity index (χ1n) is 11.3. The smallest absolute Gasteiger partial charge is 0.214 e. The molecule has 0 saturated heterocycles. The molecule has 0 bridgehead atoms. The van der Waals surface area contributed by atoms with Crippen LogP contribution in [0.15, 0.2) is 48.5 Å². The fraction of sp³-hybridized carbons (Fsp3) is 0.500. The van der Waals surface area contributed by atoms with Crippen LogP contribution in [0.5, 0.6) is 0 Å². The van der Waals surface area contributed by atoms with Gasteiger partial charge in [-0.1, -0.05) is 55.0 Å². The van der Waals surface area contributed by atoms with Crippen molar-refractivity contribution in [3.05, 3.63) is 59.7 Å². The van der Waals surface area contributed by atoms with Crippen LogP contribution in [0.4, 0.5) is 4.39 Å². The van der Waals surface area contributed by atoms with Crippen LogP contribution in [0, 0.1) is 0 Å². The summed E-state index contributed by atoms with van der Waals surface area (Å²) >= 11 is 0. The Morgan fingerprint density at radius 3 is 2.33 bits per heavy atom. The summed E-state index contributed by atoms with van der Waals surface area (Å²) in [7, 11) is -6.85. The molecule has 3 rings (SSSR count). The van der Waals surface area contributed by atoms with Crippen LogP contribution in [0.3, 0.4) is 0 Å². The number of hydrogen-bond acceptors (Lipinski definition) is 4. The zero-order valence-electron chi connectivity index (χ0n) is 19.3. The summed E-state index contributed by atoms with van der Waals surface area (Å²) in [5, 5.41) is -0.625. The zero-order chi connectivity index (χ0) is 24.3. The Morgan fingerprint density at radius 2 is 1.70 bits per heavy atom. The second-order valence-corrected chi connectivity index (χ2v) is 13.1. The lowest BCUT2D eigenvalue weighted by atomic mass is 9.77. The van der Waals surface area contributed by atoms with Crippen molar-refractivity contribution < 1.29 is 21.2 Å². The summed E-state index contributed by atoms with van der Waals surface area (Å²) in [5.41, 5.74) is 1.54. The quantitative estimate of drug-likeness (QED) is 0.551. The number of benzene rings is 2. The van der Waals surface area contributed by atoms with E-state index in [2.05, 4.69) is 9.44 Å². The average Bonchev–Trinajstić information content (AvgIpc) is 2.75. The average molecular weight is 497 g/mol. The molecule has 6 nitrogen and oxygen atoms in total. The molecule has 33 heavy (non-hydrogen) atoms. The summed E-state index contributed by atoms with van der Waals surface area (Å²) in [6.07, 6.45) is 3.87. The van der Waals surface area contributed by atoms with Crippen molar-refractivity contribution in [2.24, 2.45) is 0 Å². The molecule has 1 aliphatic rings. The lowest BCUT2D eigenvalue weighted by Crippen LogP contribution is -2.51. The second kappa shape index (κ2) is 10.2. The van der Waals surface area contributed by atoms with Crippen LogP contribution in [0.25, 0.3) is 11.1 Å². The number of halogens is 1. The summed E-state index contributed by atoms with van der Waals surface area (Å²) in [6, 6.07) is 14.1. The number of sulfonamides is 2. The van der Waals surface area contributed by atoms with Crippen molar-refractivity contribution in [2.45, 2.75) is 62.9 Å². The summed E-state index contributed by atoms with van der Waals surface area (Å²) < 4.78 is 68.9. The van der Waals surface area contributed by atoms with Crippen LogP contribution in [0.1, 0.15) is 50.7 Å². The predicted molar refractivity (Wildman–Crippen MR) is 131 cm³/mol. The van der Waals surface area contributed by atoms with Crippen LogP contribution in [-0.4, -0.2) is 40.9 Å². The van der Waals surface area contributed by atoms with E-state index in [9.17, 15) is 16.8 Å². The highest BCUT2D eigenvalue weighted by Crippen LogP contribution is 2.42. The van der Waals surface area contributed by atoms with E-state index in [0.717, 1.165) is 29.4 Å². The molecule has 9 heteroatoms. The minimum atomic E-state index is -3.59. The van der Waals surface area contributed by atoms with Gasteiger partial charge in [-0.05, 0) is 61.8 Å². The summed E-state index contributed by atoms with van der Waals surface area (Å²) in [4.78, 5) is 0. The van der Waals surface area contributed by atoms with E-state index in [1.807, 2.05) is 36.4 Å². The molecule has 2 atom stereocenters. The van der Waals surface area contributed by atoms with Crippen LogP contribution in [-0.2, 0) is 32.1 Å². The Kier molecular flexibility index (Phi) is 7.99. The first-order chi connectivity index (χ1) is 15.4. The highest BCUT2D eigenvalue weighted by Gasteiger charge is 2.44. The lowest BCUT2D eigenvalue weighted by molar-refractivity contribution is 0.0712. The number of nitrogens with one attached hydrogen (secondary N) is 2. The summed E-state index contributed by atoms with van der Waals surface area (Å²) in [6.45, 7) is 3.46. The molecule has 0 amide bonds. The standard InChI is InChI=1S/C24H33FN2O4S2/c1-18(2)33(30,31)27-23-10-6-7-16-24(23,25)21-13-11-20(12-14-21)22-9-5-4-8-19(22)15-17-26-32(3,28)29/h4-5,8-9,11-14,18,23,26-27H,6-7,10,15-17H2,1-3H3. The van der Waals surface area contributed by atoms with Crippen molar-refractivity contribution in [1.82, 2.24) is 9.44 Å². The maximum atomic E-state index is 16.3. The highest BCUT2D eigenvalue weighted by atomic mass is 32.2. The van der Waals surface area contributed by atoms with Crippen LogP contribution >= 0.6 is 0 Å². The monoisotopic (exact) mass is 496 g/mol. The van der Waals surface area contributed by atoms with Gasteiger partial charge in [-0.3, -0.25) is 0 Å². The maximum Gasteiger partial charge on any atom is 0.214 e. The van der Waals surface area contributed by atoms with Crippen molar-refractivity contribution in [2.75, 3.05) is 12.8 Å². The van der Waals surface area contributed by atoms with Gasteiger partial charge in [0, 0.05) is 6.54 Å². The van der Waals surface area contributed by atoms with Gasteiger partial charge in [-0.25, -0.2) is 30.7 Å². The van der Waals surface area contributed by atoms with E-state index >= 15 is 4.39 Å². The fourth-order valence-corrected chi connectivity index (χ4v) is 5.73. The van der Waals surface area contributed by atoms with Gasteiger partial charge >= 0.3 is 0 Å². The Hall–Kier alpha value is -1.81. The van der Waals surface area contributed by atoms with Gasteiger partial charge in [-0.15, -0.1) is 0 Å². The topological polar surface area (TPSA) is 92.3 Å². The molecule has 1 saturated carbocycles. The maximum absolute atomic E-state index is 16.3. The van der Waals surface area contributed by atoms with E-state index in [-0.39, 0.29) is 6.42 Å². The largest absolute Gasteiger partial charge is 0.237 e. The third kappa shape index (κ3) is 6.41. The molecule has 0 aromatic heterocycles. The Morgan fingerprint density at radius 1 is 1.03 bits per heavy atom. The van der Waals surface area contributed by atoms with Crippen molar-refractivity contribution in [1.29, 1.82) is 0 Å². The Bertz CT molecular complexity index is 1170. The van der Waals surface area contributed by atoms with E-state index < -0.39 is 37.0 Å². The van der Waals surface area contributed by atoms with E-state index in [1.54, 1.807) is 26.0 Å².